The molecule has 198 valence electrons. The van der Waals surface area contributed by atoms with Crippen LogP contribution in [0.1, 0.15) is 46.5 Å². The minimum atomic E-state index is -0.516. The molecule has 2 aliphatic rings. The Balaban J connectivity index is 1.26. The minimum Gasteiger partial charge on any atom is -0.444 e. The molecule has 3 atom stereocenters. The van der Waals surface area contributed by atoms with Crippen LogP contribution in [0, 0.1) is 0 Å². The van der Waals surface area contributed by atoms with Crippen molar-refractivity contribution in [1.29, 1.82) is 0 Å². The van der Waals surface area contributed by atoms with E-state index < -0.39 is 5.60 Å². The van der Waals surface area contributed by atoms with Gasteiger partial charge in [-0.3, -0.25) is 4.79 Å². The van der Waals surface area contributed by atoms with Crippen LogP contribution in [0.25, 0.3) is 33.1 Å². The number of carbonyl (C=O) groups is 1. The van der Waals surface area contributed by atoms with Crippen LogP contribution in [0.2, 0.25) is 5.02 Å². The number of H-pyrrole nitrogens is 1. The molecule has 2 fully saturated rings. The average molecular weight is 535 g/mol. The van der Waals surface area contributed by atoms with E-state index in [1.54, 1.807) is 17.8 Å². The molecule has 4 aromatic rings. The first-order valence-electron chi connectivity index (χ1n) is 13.0. The third-order valence-electron chi connectivity index (χ3n) is 7.57. The Morgan fingerprint density at radius 1 is 1.13 bits per heavy atom. The highest BCUT2D eigenvalue weighted by molar-refractivity contribution is 6.38. The molecule has 6 rings (SSSR count). The molecule has 2 saturated heterocycles. The molecule has 0 radical (unpaired) electrons. The van der Waals surface area contributed by atoms with Crippen LogP contribution in [0.3, 0.4) is 0 Å². The van der Waals surface area contributed by atoms with E-state index in [4.69, 9.17) is 26.3 Å². The zero-order valence-corrected chi connectivity index (χ0v) is 22.7. The number of alkyl carbamates (subject to hydrolysis) is 1. The number of ether oxygens (including phenoxy) is 1. The molecule has 1 aromatic carbocycles. The van der Waals surface area contributed by atoms with Gasteiger partial charge in [0, 0.05) is 59.5 Å². The van der Waals surface area contributed by atoms with Crippen molar-refractivity contribution >= 4 is 45.4 Å². The zero-order chi connectivity index (χ0) is 26.8. The predicted octanol–water partition coefficient (Wildman–Crippen LogP) is 5.15. The van der Waals surface area contributed by atoms with Crippen molar-refractivity contribution in [2.45, 2.75) is 70.2 Å². The number of piperidine rings is 1. The van der Waals surface area contributed by atoms with Gasteiger partial charge in [0.15, 0.2) is 5.65 Å². The van der Waals surface area contributed by atoms with Crippen LogP contribution in [0.5, 0.6) is 0 Å². The number of aryl methyl sites for hydroxylation is 1. The van der Waals surface area contributed by atoms with Crippen LogP contribution in [-0.2, 0) is 11.8 Å². The summed E-state index contributed by atoms with van der Waals surface area (Å²) in [5.74, 6) is 0.835. The third-order valence-corrected chi connectivity index (χ3v) is 7.98. The van der Waals surface area contributed by atoms with Crippen LogP contribution in [0.4, 0.5) is 10.6 Å². The second kappa shape index (κ2) is 9.01. The average Bonchev–Trinajstić information content (AvgIpc) is 3.38. The van der Waals surface area contributed by atoms with Gasteiger partial charge in [-0.2, -0.15) is 0 Å². The molecule has 0 aliphatic carbocycles. The van der Waals surface area contributed by atoms with E-state index in [0.29, 0.717) is 21.4 Å². The topological polar surface area (TPSA) is 105 Å². The van der Waals surface area contributed by atoms with E-state index in [-0.39, 0.29) is 29.8 Å². The molecule has 1 amide bonds. The van der Waals surface area contributed by atoms with E-state index >= 15 is 0 Å². The molecule has 5 heterocycles. The summed E-state index contributed by atoms with van der Waals surface area (Å²) in [4.78, 5) is 40.2. The number of hydrogen-bond acceptors (Lipinski definition) is 6. The number of aromatic amines is 1. The van der Waals surface area contributed by atoms with Crippen molar-refractivity contribution < 1.29 is 9.53 Å². The predicted molar refractivity (Wildman–Crippen MR) is 149 cm³/mol. The summed E-state index contributed by atoms with van der Waals surface area (Å²) in [6.07, 6.45) is 8.86. The second-order valence-electron chi connectivity index (χ2n) is 11.4. The molecule has 1 unspecified atom stereocenters. The number of fused-ring (bicyclic) bond motifs is 4. The molecule has 2 N–H and O–H groups in total. The fraction of sp³-hybridized carbons (Fsp3) is 0.429. The van der Waals surface area contributed by atoms with Crippen molar-refractivity contribution in [3.63, 3.8) is 0 Å². The first-order chi connectivity index (χ1) is 18.1. The van der Waals surface area contributed by atoms with E-state index in [0.717, 1.165) is 48.1 Å². The van der Waals surface area contributed by atoms with Gasteiger partial charge < -0.3 is 24.5 Å². The number of nitrogens with one attached hydrogen (secondary N) is 2. The lowest BCUT2D eigenvalue weighted by Gasteiger charge is -2.39. The van der Waals surface area contributed by atoms with Crippen molar-refractivity contribution in [1.82, 2.24) is 24.8 Å². The van der Waals surface area contributed by atoms with Crippen LogP contribution in [0.15, 0.2) is 41.6 Å². The fourth-order valence-electron chi connectivity index (χ4n) is 5.95. The van der Waals surface area contributed by atoms with Gasteiger partial charge >= 0.3 is 6.09 Å². The van der Waals surface area contributed by atoms with E-state index in [9.17, 15) is 9.59 Å². The van der Waals surface area contributed by atoms with Gasteiger partial charge in [-0.15, -0.1) is 0 Å². The largest absolute Gasteiger partial charge is 0.444 e. The van der Waals surface area contributed by atoms with E-state index in [1.807, 2.05) is 51.4 Å². The first-order valence-corrected chi connectivity index (χ1v) is 13.4. The monoisotopic (exact) mass is 534 g/mol. The minimum absolute atomic E-state index is 0.0826. The van der Waals surface area contributed by atoms with Gasteiger partial charge in [0.2, 0.25) is 0 Å². The molecule has 9 nitrogen and oxygen atoms in total. The Kier molecular flexibility index (Phi) is 5.86. The standard InChI is InChI=1S/C28H31ClN6O3/c1-28(2,3)38-27(37)32-15-11-16-5-6-17(12-15)35(16)22-14-30-24-21(13-31-25(24)33-22)18-7-8-20-19(23(18)29)9-10-34(4)26(20)36/h7-10,13-17H,5-6,11-12H2,1-4H3,(H,31,33)(H,32,37)/t15?,16-,17+. The number of hydrogen-bond donors (Lipinski definition) is 2. The second-order valence-corrected chi connectivity index (χ2v) is 11.7. The van der Waals surface area contributed by atoms with Gasteiger partial charge in [0.1, 0.15) is 16.9 Å². The van der Waals surface area contributed by atoms with Gasteiger partial charge in [0.05, 0.1) is 11.2 Å². The normalized spacial score (nSPS) is 21.3. The summed E-state index contributed by atoms with van der Waals surface area (Å²) >= 11 is 6.78. The van der Waals surface area contributed by atoms with E-state index in [2.05, 4.69) is 15.2 Å². The Labute approximate surface area is 225 Å². The number of anilines is 1. The van der Waals surface area contributed by atoms with Crippen LogP contribution >= 0.6 is 11.6 Å². The number of aromatic nitrogens is 4. The summed E-state index contributed by atoms with van der Waals surface area (Å²) in [6.45, 7) is 5.61. The van der Waals surface area contributed by atoms with Crippen molar-refractivity contribution in [2.75, 3.05) is 4.90 Å². The first kappa shape index (κ1) is 24.7. The molecular formula is C28H31ClN6O3. The Hall–Kier alpha value is -3.59. The maximum absolute atomic E-state index is 12.5. The lowest BCUT2D eigenvalue weighted by Crippen LogP contribution is -2.51. The molecule has 2 aliphatic heterocycles. The number of rotatable bonds is 3. The number of amides is 1. The van der Waals surface area contributed by atoms with Crippen molar-refractivity contribution in [3.05, 3.63) is 52.2 Å². The molecule has 0 spiro atoms. The third kappa shape index (κ3) is 4.28. The van der Waals surface area contributed by atoms with Crippen LogP contribution < -0.4 is 15.8 Å². The molecule has 3 aromatic heterocycles. The Morgan fingerprint density at radius 2 is 1.87 bits per heavy atom. The molecule has 2 bridgehead atoms. The summed E-state index contributed by atoms with van der Waals surface area (Å²) < 4.78 is 7.00. The summed E-state index contributed by atoms with van der Waals surface area (Å²) in [7, 11) is 1.72. The van der Waals surface area contributed by atoms with Crippen molar-refractivity contribution in [2.24, 2.45) is 7.05 Å². The van der Waals surface area contributed by atoms with Gasteiger partial charge in [-0.25, -0.2) is 14.8 Å². The summed E-state index contributed by atoms with van der Waals surface area (Å²) in [5, 5.41) is 4.87. The molecular weight excluding hydrogens is 504 g/mol. The quantitative estimate of drug-likeness (QED) is 0.376. The number of carbonyl (C=O) groups excluding carboxylic acids is 1. The van der Waals surface area contributed by atoms with Gasteiger partial charge in [0.25, 0.3) is 5.56 Å². The number of nitrogens with zero attached hydrogens (tertiary/aromatic N) is 4. The zero-order valence-electron chi connectivity index (χ0n) is 21.9. The summed E-state index contributed by atoms with van der Waals surface area (Å²) in [5.41, 5.74) is 2.46. The lowest BCUT2D eigenvalue weighted by molar-refractivity contribution is 0.0492. The van der Waals surface area contributed by atoms with Crippen molar-refractivity contribution in [3.8, 4) is 11.1 Å². The number of halogens is 1. The fourth-order valence-corrected chi connectivity index (χ4v) is 6.28. The van der Waals surface area contributed by atoms with Crippen LogP contribution in [-0.4, -0.2) is 49.3 Å². The van der Waals surface area contributed by atoms with Gasteiger partial charge in [-0.05, 0) is 58.6 Å². The molecule has 38 heavy (non-hydrogen) atoms. The number of benzene rings is 1. The lowest BCUT2D eigenvalue weighted by atomic mass is 9.97. The number of pyridine rings is 1. The smallest absolute Gasteiger partial charge is 0.407 e. The highest BCUT2D eigenvalue weighted by atomic mass is 35.5. The molecule has 10 heteroatoms. The van der Waals surface area contributed by atoms with E-state index in [1.165, 1.54) is 0 Å². The Bertz CT molecular complexity index is 1610. The summed E-state index contributed by atoms with van der Waals surface area (Å²) in [6, 6.07) is 6.19. The highest BCUT2D eigenvalue weighted by Gasteiger charge is 2.42. The maximum atomic E-state index is 12.5. The Morgan fingerprint density at radius 3 is 2.58 bits per heavy atom. The maximum Gasteiger partial charge on any atom is 0.407 e. The van der Waals surface area contributed by atoms with Gasteiger partial charge in [-0.1, -0.05) is 17.7 Å². The highest BCUT2D eigenvalue weighted by Crippen LogP contribution is 2.40. The molecule has 0 saturated carbocycles. The SMILES string of the molecule is Cn1ccc2c(Cl)c(-c3c[nH]c4nc(N5[C@@H]6CC[C@H]5CC(NC(=O)OC(C)(C)C)C6)cnc34)ccc2c1=O.